The normalized spacial score (nSPS) is 16.0. The van der Waals surface area contributed by atoms with Crippen LogP contribution >= 0.6 is 0 Å². The summed E-state index contributed by atoms with van der Waals surface area (Å²) in [6, 6.07) is 0. The van der Waals surface area contributed by atoms with Crippen molar-refractivity contribution >= 4 is 11.9 Å². The van der Waals surface area contributed by atoms with E-state index in [-0.39, 0.29) is 0 Å². The highest BCUT2D eigenvalue weighted by molar-refractivity contribution is 5.63. The van der Waals surface area contributed by atoms with E-state index in [0.29, 0.717) is 5.92 Å². The average Bonchev–Trinajstić information content (AvgIpc) is 2.97. The van der Waals surface area contributed by atoms with Crippen LogP contribution in [0.5, 0.6) is 5.75 Å². The van der Waals surface area contributed by atoms with E-state index in [4.69, 9.17) is 30.3 Å². The molecule has 8 nitrogen and oxygen atoms in total. The Morgan fingerprint density at radius 3 is 2.27 bits per heavy atom. The summed E-state index contributed by atoms with van der Waals surface area (Å²) in [6.07, 6.45) is 3.11. The van der Waals surface area contributed by atoms with Crippen LogP contribution in [-0.4, -0.2) is 58.8 Å². The highest BCUT2D eigenvalue weighted by Gasteiger charge is 2.22. The van der Waals surface area contributed by atoms with Gasteiger partial charge in [0.25, 0.3) is 11.9 Å². The fourth-order valence-corrected chi connectivity index (χ4v) is 2.69. The number of ether oxygens (including phenoxy) is 1. The van der Waals surface area contributed by atoms with E-state index in [0.717, 1.165) is 62.6 Å². The Morgan fingerprint density at radius 2 is 1.85 bits per heavy atom. The van der Waals surface area contributed by atoms with Crippen molar-refractivity contribution in [3.8, 4) is 5.75 Å². The maximum Gasteiger partial charge on any atom is 0.300 e. The van der Waals surface area contributed by atoms with Gasteiger partial charge >= 0.3 is 0 Å². The summed E-state index contributed by atoms with van der Waals surface area (Å²) < 4.78 is 5.44. The van der Waals surface area contributed by atoms with E-state index in [1.54, 1.807) is 7.11 Å². The number of methoxy groups -OCH3 is 1. The van der Waals surface area contributed by atoms with Crippen molar-refractivity contribution in [2.45, 2.75) is 40.7 Å². The molecule has 0 saturated carbocycles. The standard InChI is InChI=1S/C14H23N3O.2C2H4O2/c1-10-7-16-13(11(2)14(10)18-3)9-17-5-4-12(6-15)8-17;2*1-2(3)4/h7,12H,4-6,8-9,15H2,1-3H3;2*1H3,(H,3,4). The number of pyridine rings is 1. The Morgan fingerprint density at radius 1 is 1.31 bits per heavy atom. The van der Waals surface area contributed by atoms with Crippen LogP contribution in [0.15, 0.2) is 6.20 Å². The van der Waals surface area contributed by atoms with E-state index in [1.165, 1.54) is 6.42 Å². The van der Waals surface area contributed by atoms with Gasteiger partial charge in [-0.1, -0.05) is 0 Å². The van der Waals surface area contributed by atoms with E-state index in [1.807, 2.05) is 13.1 Å². The molecule has 8 heteroatoms. The highest BCUT2D eigenvalue weighted by atomic mass is 16.5. The van der Waals surface area contributed by atoms with Gasteiger partial charge in [-0.15, -0.1) is 0 Å². The molecule has 0 radical (unpaired) electrons. The Hall–Kier alpha value is -2.19. The quantitative estimate of drug-likeness (QED) is 0.731. The molecule has 0 aliphatic carbocycles. The first-order valence-corrected chi connectivity index (χ1v) is 8.42. The van der Waals surface area contributed by atoms with Gasteiger partial charge in [-0.3, -0.25) is 19.5 Å². The molecular formula is C18H31N3O5. The number of nitrogens with zero attached hydrogens (tertiary/aromatic N) is 2. The molecule has 26 heavy (non-hydrogen) atoms. The van der Waals surface area contributed by atoms with Gasteiger partial charge in [-0.2, -0.15) is 0 Å². The molecular weight excluding hydrogens is 338 g/mol. The smallest absolute Gasteiger partial charge is 0.300 e. The molecule has 148 valence electrons. The van der Waals surface area contributed by atoms with Crippen molar-refractivity contribution in [1.29, 1.82) is 0 Å². The molecule has 0 aromatic carbocycles. The molecule has 2 heterocycles. The number of aryl methyl sites for hydroxylation is 1. The van der Waals surface area contributed by atoms with Crippen molar-refractivity contribution in [2.75, 3.05) is 26.7 Å². The first-order chi connectivity index (χ1) is 12.1. The predicted molar refractivity (Wildman–Crippen MR) is 99.3 cm³/mol. The number of rotatable bonds is 4. The van der Waals surface area contributed by atoms with Gasteiger partial charge in [-0.05, 0) is 39.3 Å². The lowest BCUT2D eigenvalue weighted by Gasteiger charge is -2.18. The van der Waals surface area contributed by atoms with Gasteiger partial charge in [0.05, 0.1) is 12.8 Å². The summed E-state index contributed by atoms with van der Waals surface area (Å²) in [7, 11) is 1.72. The Bertz CT molecular complexity index is 572. The van der Waals surface area contributed by atoms with Gasteiger partial charge in [0.2, 0.25) is 0 Å². The van der Waals surface area contributed by atoms with Crippen LogP contribution in [0.25, 0.3) is 0 Å². The molecule has 0 amide bonds. The molecule has 1 aromatic rings. The first kappa shape index (κ1) is 23.8. The molecule has 1 aliphatic heterocycles. The third-order valence-electron chi connectivity index (χ3n) is 3.83. The summed E-state index contributed by atoms with van der Waals surface area (Å²) in [5.74, 6) is -0.0489. The lowest BCUT2D eigenvalue weighted by Crippen LogP contribution is -2.23. The molecule has 1 saturated heterocycles. The van der Waals surface area contributed by atoms with Gasteiger partial charge in [0.1, 0.15) is 5.75 Å². The Kier molecular flexibility index (Phi) is 11.2. The maximum absolute atomic E-state index is 9.00. The van der Waals surface area contributed by atoms with Crippen LogP contribution in [-0.2, 0) is 16.1 Å². The zero-order valence-electron chi connectivity index (χ0n) is 16.3. The van der Waals surface area contributed by atoms with Crippen molar-refractivity contribution in [3.05, 3.63) is 23.0 Å². The summed E-state index contributed by atoms with van der Waals surface area (Å²) in [4.78, 5) is 25.0. The van der Waals surface area contributed by atoms with Crippen molar-refractivity contribution < 1.29 is 24.5 Å². The van der Waals surface area contributed by atoms with Crippen molar-refractivity contribution in [2.24, 2.45) is 11.7 Å². The zero-order valence-corrected chi connectivity index (χ0v) is 16.3. The molecule has 2 rings (SSSR count). The van der Waals surface area contributed by atoms with Crippen LogP contribution in [0.3, 0.4) is 0 Å². The Labute approximate surface area is 155 Å². The monoisotopic (exact) mass is 369 g/mol. The summed E-state index contributed by atoms with van der Waals surface area (Å²) in [6.45, 7) is 10.2. The molecule has 1 unspecified atom stereocenters. The third kappa shape index (κ3) is 9.33. The van der Waals surface area contributed by atoms with E-state index in [2.05, 4.69) is 16.8 Å². The second-order valence-corrected chi connectivity index (χ2v) is 6.21. The molecule has 1 aromatic heterocycles. The number of hydrogen-bond donors (Lipinski definition) is 3. The topological polar surface area (TPSA) is 126 Å². The second kappa shape index (κ2) is 12.2. The first-order valence-electron chi connectivity index (χ1n) is 8.42. The van der Waals surface area contributed by atoms with Crippen molar-refractivity contribution in [3.63, 3.8) is 0 Å². The van der Waals surface area contributed by atoms with Crippen molar-refractivity contribution in [1.82, 2.24) is 9.88 Å². The average molecular weight is 369 g/mol. The van der Waals surface area contributed by atoms with Gasteiger partial charge in [0.15, 0.2) is 0 Å². The lowest BCUT2D eigenvalue weighted by atomic mass is 10.1. The van der Waals surface area contributed by atoms with E-state index in [9.17, 15) is 0 Å². The number of nitrogens with two attached hydrogens (primary N) is 1. The number of carboxylic acid groups (broad SMARTS) is 2. The van der Waals surface area contributed by atoms with E-state index >= 15 is 0 Å². The molecule has 1 aliphatic rings. The number of carbonyl (C=O) groups is 2. The molecule has 4 N–H and O–H groups in total. The largest absolute Gasteiger partial charge is 0.496 e. The predicted octanol–water partition coefficient (Wildman–Crippen LogP) is 1.67. The summed E-state index contributed by atoms with van der Waals surface area (Å²) in [5, 5.41) is 14.8. The third-order valence-corrected chi connectivity index (χ3v) is 3.83. The van der Waals surface area contributed by atoms with Gasteiger partial charge in [-0.25, -0.2) is 0 Å². The number of aliphatic carboxylic acids is 2. The second-order valence-electron chi connectivity index (χ2n) is 6.21. The number of carboxylic acids is 2. The van der Waals surface area contributed by atoms with E-state index < -0.39 is 11.9 Å². The fraction of sp³-hybridized carbons (Fsp3) is 0.611. The minimum absolute atomic E-state index is 0.651. The molecule has 1 fully saturated rings. The molecule has 0 bridgehead atoms. The fourth-order valence-electron chi connectivity index (χ4n) is 2.69. The summed E-state index contributed by atoms with van der Waals surface area (Å²) >= 11 is 0. The SMILES string of the molecule is CC(=O)O.CC(=O)O.COc1c(C)cnc(CN2CCC(CN)C2)c1C. The van der Waals surface area contributed by atoms with Gasteiger partial charge < -0.3 is 20.7 Å². The maximum atomic E-state index is 9.00. The van der Waals surface area contributed by atoms with Crippen LogP contribution in [0.1, 0.15) is 37.1 Å². The van der Waals surface area contributed by atoms with Crippen LogP contribution in [0.4, 0.5) is 0 Å². The Balaban J connectivity index is 0.000000662. The molecule has 0 spiro atoms. The lowest BCUT2D eigenvalue weighted by molar-refractivity contribution is -0.135. The van der Waals surface area contributed by atoms with Gasteiger partial charge in [0, 0.05) is 44.3 Å². The molecule has 1 atom stereocenters. The minimum atomic E-state index is -0.833. The zero-order chi connectivity index (χ0) is 20.3. The highest BCUT2D eigenvalue weighted by Crippen LogP contribution is 2.26. The number of hydrogen-bond acceptors (Lipinski definition) is 6. The summed E-state index contributed by atoms with van der Waals surface area (Å²) in [5.41, 5.74) is 9.10. The van der Waals surface area contributed by atoms with Crippen LogP contribution in [0.2, 0.25) is 0 Å². The minimum Gasteiger partial charge on any atom is -0.496 e. The van der Waals surface area contributed by atoms with Crippen LogP contribution < -0.4 is 10.5 Å². The number of likely N-dealkylation sites (tertiary alicyclic amines) is 1. The van der Waals surface area contributed by atoms with Crippen LogP contribution in [0, 0.1) is 19.8 Å². The number of aromatic nitrogens is 1.